The van der Waals surface area contributed by atoms with Gasteiger partial charge in [-0.15, -0.1) is 0 Å². The molecule has 1 saturated heterocycles. The molecule has 0 unspecified atom stereocenters. The number of fused-ring (bicyclic) bond motifs is 1. The van der Waals surface area contributed by atoms with Crippen LogP contribution in [-0.4, -0.2) is 41.7 Å². The number of nitrogens with zero attached hydrogens (tertiary/aromatic N) is 1. The number of esters is 1. The molecule has 1 aromatic rings. The highest BCUT2D eigenvalue weighted by Gasteiger charge is 2.52. The molecular weight excluding hydrogens is 400 g/mol. The summed E-state index contributed by atoms with van der Waals surface area (Å²) in [5, 5.41) is 3.35. The average Bonchev–Trinajstić information content (AvgIpc) is 3.26. The number of carbonyl (C=O) groups is 3. The number of ether oxygens (including phenoxy) is 3. The van der Waals surface area contributed by atoms with Crippen molar-refractivity contribution in [3.8, 4) is 5.75 Å². The molecule has 29 heavy (non-hydrogen) atoms. The molecule has 0 aromatic heterocycles. The number of nitrogens with one attached hydrogen (secondary N) is 1. The molecule has 0 radical (unpaired) electrons. The lowest BCUT2D eigenvalue weighted by Gasteiger charge is -2.21. The molecule has 156 valence electrons. The Morgan fingerprint density at radius 2 is 2.07 bits per heavy atom. The predicted octanol–water partition coefficient (Wildman–Crippen LogP) is 2.89. The van der Waals surface area contributed by atoms with Crippen LogP contribution in [0.3, 0.4) is 0 Å². The van der Waals surface area contributed by atoms with Gasteiger partial charge in [0.15, 0.2) is 6.79 Å². The smallest absolute Gasteiger partial charge is 0.325 e. The standard InChI is InChI=1S/C20H23ClN2O6/c21-15-8-13-10-27-12-29-17(13)14(9-15)11-28-16(24)4-3-7-23-18(25)20(22-19(23)26)5-1-2-6-20/h8-9H,1-7,10-12H2,(H,22,26). The van der Waals surface area contributed by atoms with Crippen LogP contribution in [0, 0.1) is 0 Å². The Morgan fingerprint density at radius 1 is 1.28 bits per heavy atom. The fourth-order valence-corrected chi connectivity index (χ4v) is 4.44. The average molecular weight is 423 g/mol. The molecule has 1 spiro atoms. The zero-order valence-corrected chi connectivity index (χ0v) is 16.8. The van der Waals surface area contributed by atoms with Gasteiger partial charge in [0, 0.05) is 29.1 Å². The molecule has 1 saturated carbocycles. The van der Waals surface area contributed by atoms with Gasteiger partial charge in [-0.1, -0.05) is 24.4 Å². The number of hydrogen-bond donors (Lipinski definition) is 1. The van der Waals surface area contributed by atoms with E-state index < -0.39 is 11.5 Å². The summed E-state index contributed by atoms with van der Waals surface area (Å²) in [6.45, 7) is 0.774. The zero-order chi connectivity index (χ0) is 20.4. The van der Waals surface area contributed by atoms with E-state index in [2.05, 4.69) is 5.32 Å². The van der Waals surface area contributed by atoms with Crippen molar-refractivity contribution < 1.29 is 28.6 Å². The summed E-state index contributed by atoms with van der Waals surface area (Å²) < 4.78 is 16.1. The number of hydrogen-bond acceptors (Lipinski definition) is 6. The first-order valence-electron chi connectivity index (χ1n) is 9.80. The van der Waals surface area contributed by atoms with Crippen LogP contribution in [0.4, 0.5) is 4.79 Å². The van der Waals surface area contributed by atoms with Gasteiger partial charge in [0.2, 0.25) is 0 Å². The lowest BCUT2D eigenvalue weighted by Crippen LogP contribution is -2.44. The van der Waals surface area contributed by atoms with Crippen LogP contribution >= 0.6 is 11.6 Å². The summed E-state index contributed by atoms with van der Waals surface area (Å²) in [4.78, 5) is 38.1. The van der Waals surface area contributed by atoms with Crippen LogP contribution in [0.1, 0.15) is 49.7 Å². The molecule has 1 N–H and O–H groups in total. The van der Waals surface area contributed by atoms with E-state index in [4.69, 9.17) is 25.8 Å². The van der Waals surface area contributed by atoms with Crippen molar-refractivity contribution in [2.45, 2.75) is 57.3 Å². The molecule has 0 atom stereocenters. The van der Waals surface area contributed by atoms with Crippen LogP contribution in [-0.2, 0) is 32.3 Å². The third kappa shape index (κ3) is 4.04. The first-order valence-corrected chi connectivity index (χ1v) is 10.2. The van der Waals surface area contributed by atoms with E-state index in [0.29, 0.717) is 42.2 Å². The van der Waals surface area contributed by atoms with E-state index >= 15 is 0 Å². The van der Waals surface area contributed by atoms with Crippen LogP contribution in [0.25, 0.3) is 0 Å². The van der Waals surface area contributed by atoms with Gasteiger partial charge in [-0.25, -0.2) is 4.79 Å². The van der Waals surface area contributed by atoms with Gasteiger partial charge in [0.1, 0.15) is 17.9 Å². The normalized spacial score (nSPS) is 19.8. The van der Waals surface area contributed by atoms with Gasteiger partial charge in [0.05, 0.1) is 6.61 Å². The summed E-state index contributed by atoms with van der Waals surface area (Å²) in [5.41, 5.74) is 0.781. The highest BCUT2D eigenvalue weighted by Crippen LogP contribution is 2.35. The molecule has 0 bridgehead atoms. The minimum atomic E-state index is -0.715. The summed E-state index contributed by atoms with van der Waals surface area (Å²) >= 11 is 6.11. The topological polar surface area (TPSA) is 94.2 Å². The minimum Gasteiger partial charge on any atom is -0.467 e. The van der Waals surface area contributed by atoms with Crippen molar-refractivity contribution in [1.29, 1.82) is 0 Å². The van der Waals surface area contributed by atoms with Crippen molar-refractivity contribution in [1.82, 2.24) is 10.2 Å². The van der Waals surface area contributed by atoms with Crippen LogP contribution in [0.2, 0.25) is 5.02 Å². The summed E-state index contributed by atoms with van der Waals surface area (Å²) in [6, 6.07) is 3.10. The Labute approximate surface area is 173 Å². The maximum atomic E-state index is 12.6. The Hall–Kier alpha value is -2.32. The van der Waals surface area contributed by atoms with E-state index in [9.17, 15) is 14.4 Å². The molecule has 2 fully saturated rings. The Kier molecular flexibility index (Phi) is 5.65. The van der Waals surface area contributed by atoms with Crippen molar-refractivity contribution >= 4 is 29.5 Å². The monoisotopic (exact) mass is 422 g/mol. The second-order valence-corrected chi connectivity index (χ2v) is 8.04. The van der Waals surface area contributed by atoms with Gasteiger partial charge >= 0.3 is 12.0 Å². The first kappa shape index (κ1) is 20.0. The van der Waals surface area contributed by atoms with E-state index in [0.717, 1.165) is 18.4 Å². The number of halogens is 1. The molecule has 1 aliphatic carbocycles. The van der Waals surface area contributed by atoms with Crippen molar-refractivity contribution in [2.75, 3.05) is 13.3 Å². The SMILES string of the molecule is O=C(CCCN1C(=O)NC2(CCCC2)C1=O)OCc1cc(Cl)cc2c1OCOC2. The van der Waals surface area contributed by atoms with E-state index in [-0.39, 0.29) is 38.3 Å². The van der Waals surface area contributed by atoms with Gasteiger partial charge in [-0.05, 0) is 31.4 Å². The Balaban J connectivity index is 1.27. The summed E-state index contributed by atoms with van der Waals surface area (Å²) in [5.74, 6) is 0.0568. The molecular formula is C20H23ClN2O6. The maximum absolute atomic E-state index is 12.6. The number of rotatable bonds is 6. The van der Waals surface area contributed by atoms with Crippen molar-refractivity contribution in [3.05, 3.63) is 28.3 Å². The highest BCUT2D eigenvalue weighted by atomic mass is 35.5. The number of imide groups is 1. The van der Waals surface area contributed by atoms with Gasteiger partial charge in [-0.3, -0.25) is 14.5 Å². The minimum absolute atomic E-state index is 0.0357. The third-order valence-electron chi connectivity index (χ3n) is 5.61. The molecule has 1 aromatic carbocycles. The van der Waals surface area contributed by atoms with E-state index in [1.807, 2.05) is 0 Å². The Morgan fingerprint density at radius 3 is 2.86 bits per heavy atom. The van der Waals surface area contributed by atoms with Gasteiger partial charge < -0.3 is 19.5 Å². The lowest BCUT2D eigenvalue weighted by molar-refractivity contribution is -0.145. The first-order chi connectivity index (χ1) is 14.0. The lowest BCUT2D eigenvalue weighted by atomic mass is 9.98. The Bertz CT molecular complexity index is 837. The number of amides is 3. The van der Waals surface area contributed by atoms with Crippen LogP contribution in [0.5, 0.6) is 5.75 Å². The van der Waals surface area contributed by atoms with Crippen LogP contribution < -0.4 is 10.1 Å². The van der Waals surface area contributed by atoms with E-state index in [1.54, 1.807) is 12.1 Å². The van der Waals surface area contributed by atoms with Crippen LogP contribution in [0.15, 0.2) is 12.1 Å². The van der Waals surface area contributed by atoms with Crippen molar-refractivity contribution in [2.24, 2.45) is 0 Å². The number of benzene rings is 1. The summed E-state index contributed by atoms with van der Waals surface area (Å²) in [7, 11) is 0. The number of urea groups is 1. The third-order valence-corrected chi connectivity index (χ3v) is 5.82. The molecule has 2 heterocycles. The second kappa shape index (κ2) is 8.20. The maximum Gasteiger partial charge on any atom is 0.325 e. The van der Waals surface area contributed by atoms with Crippen molar-refractivity contribution in [3.63, 3.8) is 0 Å². The second-order valence-electron chi connectivity index (χ2n) is 7.60. The van der Waals surface area contributed by atoms with Gasteiger partial charge in [-0.2, -0.15) is 0 Å². The largest absolute Gasteiger partial charge is 0.467 e. The molecule has 4 rings (SSSR count). The predicted molar refractivity (Wildman–Crippen MR) is 102 cm³/mol. The summed E-state index contributed by atoms with van der Waals surface area (Å²) in [6.07, 6.45) is 3.72. The molecule has 9 heteroatoms. The van der Waals surface area contributed by atoms with Gasteiger partial charge in [0.25, 0.3) is 5.91 Å². The molecule has 3 amide bonds. The quantitative estimate of drug-likeness (QED) is 0.559. The zero-order valence-electron chi connectivity index (χ0n) is 16.0. The van der Waals surface area contributed by atoms with E-state index in [1.165, 1.54) is 4.90 Å². The highest BCUT2D eigenvalue weighted by molar-refractivity contribution is 6.30. The molecule has 3 aliphatic rings. The molecule has 2 aliphatic heterocycles. The fraction of sp³-hybridized carbons (Fsp3) is 0.550. The number of carbonyl (C=O) groups excluding carboxylic acids is 3. The molecule has 8 nitrogen and oxygen atoms in total. The fourth-order valence-electron chi connectivity index (χ4n) is 4.17.